The van der Waals surface area contributed by atoms with Crippen molar-refractivity contribution in [3.63, 3.8) is 0 Å². The first-order valence-corrected chi connectivity index (χ1v) is 8.87. The number of aromatic amines is 2. The van der Waals surface area contributed by atoms with Crippen LogP contribution < -0.4 is 0 Å². The first-order chi connectivity index (χ1) is 12.8. The van der Waals surface area contributed by atoms with E-state index in [2.05, 4.69) is 94.9 Å². The Morgan fingerprint density at radius 2 is 0.808 bits per heavy atom. The molecule has 0 aliphatic heterocycles. The van der Waals surface area contributed by atoms with Crippen LogP contribution in [0, 0.1) is 0 Å². The van der Waals surface area contributed by atoms with Gasteiger partial charge in [-0.2, -0.15) is 0 Å². The lowest BCUT2D eigenvalue weighted by atomic mass is 10.1. The molecule has 0 saturated heterocycles. The van der Waals surface area contributed by atoms with E-state index in [1.807, 2.05) is 0 Å². The van der Waals surface area contributed by atoms with Gasteiger partial charge in [-0.15, -0.1) is 0 Å². The van der Waals surface area contributed by atoms with E-state index in [1.165, 1.54) is 43.4 Å². The van der Waals surface area contributed by atoms with Crippen LogP contribution in [0.1, 0.15) is 0 Å². The second kappa shape index (κ2) is 4.99. The lowest BCUT2D eigenvalue weighted by Gasteiger charge is -1.97. The Morgan fingerprint density at radius 1 is 0.385 bits per heavy atom. The fourth-order valence-corrected chi connectivity index (χ4v) is 3.93. The highest BCUT2D eigenvalue weighted by molar-refractivity contribution is 6.11. The van der Waals surface area contributed by atoms with Crippen molar-refractivity contribution in [1.82, 2.24) is 9.97 Å². The Labute approximate surface area is 149 Å². The summed E-state index contributed by atoms with van der Waals surface area (Å²) >= 11 is 0. The molecule has 9 rings (SSSR count). The van der Waals surface area contributed by atoms with Crippen molar-refractivity contribution < 1.29 is 0 Å². The highest BCUT2D eigenvalue weighted by Crippen LogP contribution is 2.29. The highest BCUT2D eigenvalue weighted by atomic mass is 14.7. The summed E-state index contributed by atoms with van der Waals surface area (Å²) in [6.07, 6.45) is 0. The molecule has 0 unspecified atom stereocenters. The molecule has 0 amide bonds. The number of rotatable bonds is 0. The first-order valence-electron chi connectivity index (χ1n) is 8.87. The minimum atomic E-state index is 1.10. The summed E-state index contributed by atoms with van der Waals surface area (Å²) in [6, 6.07) is 30.6. The van der Waals surface area contributed by atoms with Crippen LogP contribution in [-0.4, -0.2) is 9.97 Å². The standard InChI is InChI=1S/C24H16N2/c1-7-19-8-2-15(1)17-5-11-21-22-12-6-18(14-24(22)26-23(21)13-17)16-3-9-20(25-19)10-4-16/h1-14,25-26H. The molecule has 8 bridgehead atoms. The number of nitrogens with one attached hydrogen (secondary N) is 2. The van der Waals surface area contributed by atoms with Crippen LogP contribution in [0.3, 0.4) is 0 Å². The second-order valence-electron chi connectivity index (χ2n) is 6.93. The van der Waals surface area contributed by atoms with E-state index in [0.717, 1.165) is 11.0 Å². The molecule has 4 aromatic carbocycles. The molecule has 5 aromatic heterocycles. The third-order valence-corrected chi connectivity index (χ3v) is 5.32. The summed E-state index contributed by atoms with van der Waals surface area (Å²) in [5.41, 5.74) is 4.55. The molecular weight excluding hydrogens is 316 g/mol. The van der Waals surface area contributed by atoms with E-state index in [-0.39, 0.29) is 0 Å². The minimum Gasteiger partial charge on any atom is -0.356 e. The lowest BCUT2D eigenvalue weighted by Crippen LogP contribution is -1.76. The van der Waals surface area contributed by atoms with Gasteiger partial charge in [-0.1, -0.05) is 48.5 Å². The van der Waals surface area contributed by atoms with Crippen molar-refractivity contribution in [2.75, 3.05) is 0 Å². The zero-order valence-electron chi connectivity index (χ0n) is 14.1. The van der Waals surface area contributed by atoms with Gasteiger partial charge in [-0.05, 0) is 57.9 Å². The van der Waals surface area contributed by atoms with E-state index in [1.54, 1.807) is 0 Å². The van der Waals surface area contributed by atoms with Crippen molar-refractivity contribution in [3.05, 3.63) is 84.9 Å². The number of aromatic nitrogens is 2. The van der Waals surface area contributed by atoms with Gasteiger partial charge in [0.05, 0.1) is 0 Å². The molecule has 5 heterocycles. The predicted molar refractivity (Wildman–Crippen MR) is 111 cm³/mol. The summed E-state index contributed by atoms with van der Waals surface area (Å²) in [5, 5.41) is 7.44. The fourth-order valence-electron chi connectivity index (χ4n) is 3.93. The van der Waals surface area contributed by atoms with E-state index in [4.69, 9.17) is 0 Å². The Bertz CT molecular complexity index is 1330. The van der Waals surface area contributed by atoms with Crippen LogP contribution >= 0.6 is 0 Å². The van der Waals surface area contributed by atoms with E-state index < -0.39 is 0 Å². The molecule has 0 atom stereocenters. The Hall–Kier alpha value is -3.52. The molecule has 0 aliphatic carbocycles. The minimum absolute atomic E-state index is 1.10. The topological polar surface area (TPSA) is 31.6 Å². The Kier molecular flexibility index (Phi) is 2.64. The average molecular weight is 332 g/mol. The normalized spacial score (nSPS) is 11.8. The quantitative estimate of drug-likeness (QED) is 0.311. The van der Waals surface area contributed by atoms with Crippen molar-refractivity contribution in [2.45, 2.75) is 0 Å². The van der Waals surface area contributed by atoms with Crippen LogP contribution in [0.15, 0.2) is 84.9 Å². The molecule has 0 saturated carbocycles. The van der Waals surface area contributed by atoms with Gasteiger partial charge in [-0.25, -0.2) is 0 Å². The molecule has 2 nitrogen and oxygen atoms in total. The largest absolute Gasteiger partial charge is 0.356 e. The summed E-state index contributed by atoms with van der Waals surface area (Å²) in [4.78, 5) is 7.09. The molecule has 2 heteroatoms. The molecule has 26 heavy (non-hydrogen) atoms. The van der Waals surface area contributed by atoms with Gasteiger partial charge in [0, 0.05) is 32.8 Å². The van der Waals surface area contributed by atoms with E-state index >= 15 is 0 Å². The maximum Gasteiger partial charge on any atom is 0.0471 e. The van der Waals surface area contributed by atoms with Crippen LogP contribution in [-0.2, 0) is 0 Å². The maximum atomic E-state index is 3.61. The van der Waals surface area contributed by atoms with Gasteiger partial charge in [0.25, 0.3) is 0 Å². The molecule has 0 aliphatic rings. The van der Waals surface area contributed by atoms with E-state index in [9.17, 15) is 0 Å². The van der Waals surface area contributed by atoms with Crippen LogP contribution in [0.4, 0.5) is 0 Å². The summed E-state index contributed by atoms with van der Waals surface area (Å²) in [7, 11) is 0. The van der Waals surface area contributed by atoms with Crippen molar-refractivity contribution >= 4 is 54.4 Å². The predicted octanol–water partition coefficient (Wildman–Crippen LogP) is 6.67. The summed E-state index contributed by atoms with van der Waals surface area (Å²) in [5.74, 6) is 0. The number of H-pyrrole nitrogens is 2. The SMILES string of the molecule is c1cc2ccc1[nH]c1ccc(cc1)c1ccc3c(c1)[nH]c1cc2ccc13. The Morgan fingerprint density at radius 3 is 1.27 bits per heavy atom. The molecule has 122 valence electrons. The smallest absolute Gasteiger partial charge is 0.0471 e. The zero-order valence-corrected chi connectivity index (χ0v) is 14.1. The third-order valence-electron chi connectivity index (χ3n) is 5.32. The molecule has 0 spiro atoms. The van der Waals surface area contributed by atoms with Crippen molar-refractivity contribution in [3.8, 4) is 0 Å². The average Bonchev–Trinajstić information content (AvgIpc) is 3.06. The monoisotopic (exact) mass is 332 g/mol. The molecule has 9 aromatic rings. The first kappa shape index (κ1) is 13.7. The van der Waals surface area contributed by atoms with E-state index in [0.29, 0.717) is 0 Å². The van der Waals surface area contributed by atoms with Crippen LogP contribution in [0.5, 0.6) is 0 Å². The number of hydrogen-bond acceptors (Lipinski definition) is 0. The summed E-state index contributed by atoms with van der Waals surface area (Å²) < 4.78 is 0. The van der Waals surface area contributed by atoms with Crippen molar-refractivity contribution in [1.29, 1.82) is 0 Å². The van der Waals surface area contributed by atoms with Gasteiger partial charge >= 0.3 is 0 Å². The molecule has 0 radical (unpaired) electrons. The second-order valence-corrected chi connectivity index (χ2v) is 6.93. The van der Waals surface area contributed by atoms with Gasteiger partial charge in [0.1, 0.15) is 0 Å². The van der Waals surface area contributed by atoms with Crippen LogP contribution in [0.25, 0.3) is 54.4 Å². The van der Waals surface area contributed by atoms with Gasteiger partial charge in [0.15, 0.2) is 0 Å². The zero-order chi connectivity index (χ0) is 17.1. The number of fused-ring (bicyclic) bond motifs is 1. The third kappa shape index (κ3) is 1.99. The molecule has 0 fully saturated rings. The maximum absolute atomic E-state index is 3.61. The Balaban J connectivity index is 1.88. The number of benzene rings is 4. The molecule has 2 N–H and O–H groups in total. The van der Waals surface area contributed by atoms with Gasteiger partial charge in [0.2, 0.25) is 0 Å². The van der Waals surface area contributed by atoms with Gasteiger partial charge < -0.3 is 9.97 Å². The highest BCUT2D eigenvalue weighted by Gasteiger charge is 2.05. The van der Waals surface area contributed by atoms with Crippen LogP contribution in [0.2, 0.25) is 0 Å². The van der Waals surface area contributed by atoms with Crippen molar-refractivity contribution in [2.24, 2.45) is 0 Å². The summed E-state index contributed by atoms with van der Waals surface area (Å²) in [6.45, 7) is 0. The number of hydrogen-bond donors (Lipinski definition) is 2. The van der Waals surface area contributed by atoms with Gasteiger partial charge in [-0.3, -0.25) is 0 Å². The fraction of sp³-hybridized carbons (Fsp3) is 0. The molecular formula is C24H16N2. The lowest BCUT2D eigenvalue weighted by molar-refractivity contribution is 1.49.